The zero-order chi connectivity index (χ0) is 19.1. The Hall–Kier alpha value is -2.35. The Labute approximate surface area is 164 Å². The Morgan fingerprint density at radius 3 is 2.74 bits per heavy atom. The van der Waals surface area contributed by atoms with E-state index in [1.807, 2.05) is 11.8 Å². The van der Waals surface area contributed by atoms with Gasteiger partial charge in [-0.2, -0.15) is 0 Å². The molecule has 2 aromatic heterocycles. The number of piperazine rings is 1. The van der Waals surface area contributed by atoms with Gasteiger partial charge in [-0.15, -0.1) is 11.3 Å². The van der Waals surface area contributed by atoms with E-state index in [2.05, 4.69) is 27.5 Å². The number of carbonyl (C=O) groups is 1. The summed E-state index contributed by atoms with van der Waals surface area (Å²) in [7, 11) is 0. The van der Waals surface area contributed by atoms with Crippen LogP contribution in [0.25, 0.3) is 0 Å². The molecule has 3 rings (SSSR count). The number of aryl methyl sites for hydroxylation is 2. The number of hydrogen-bond acceptors (Lipinski definition) is 5. The number of nitrogens with zero attached hydrogens (tertiary/aromatic N) is 4. The van der Waals surface area contributed by atoms with Crippen molar-refractivity contribution in [3.8, 4) is 0 Å². The second-order valence-electron chi connectivity index (χ2n) is 6.48. The van der Waals surface area contributed by atoms with Crippen LogP contribution in [-0.2, 0) is 6.42 Å². The molecule has 0 atom stereocenters. The SMILES string of the molecule is CCNC(=NCCCc1nc(C)cs1)N1CCN(C(=O)c2ccco2)CC1. The molecule has 0 aliphatic carbocycles. The van der Waals surface area contributed by atoms with Crippen molar-refractivity contribution in [2.75, 3.05) is 39.3 Å². The van der Waals surface area contributed by atoms with Crippen LogP contribution < -0.4 is 5.32 Å². The van der Waals surface area contributed by atoms with Gasteiger partial charge >= 0.3 is 0 Å². The van der Waals surface area contributed by atoms with E-state index in [4.69, 9.17) is 9.41 Å². The van der Waals surface area contributed by atoms with Crippen LogP contribution in [0.5, 0.6) is 0 Å². The van der Waals surface area contributed by atoms with Gasteiger partial charge in [-0.3, -0.25) is 9.79 Å². The number of carbonyl (C=O) groups excluding carboxylic acids is 1. The first kappa shape index (κ1) is 19.4. The van der Waals surface area contributed by atoms with Crippen LogP contribution in [0, 0.1) is 6.92 Å². The van der Waals surface area contributed by atoms with Gasteiger partial charge < -0.3 is 19.5 Å². The minimum Gasteiger partial charge on any atom is -0.459 e. The maximum atomic E-state index is 12.4. The zero-order valence-electron chi connectivity index (χ0n) is 16.0. The van der Waals surface area contributed by atoms with Crippen LogP contribution >= 0.6 is 11.3 Å². The number of thiazole rings is 1. The maximum Gasteiger partial charge on any atom is 0.289 e. The lowest BCUT2D eigenvalue weighted by molar-refractivity contribution is 0.0657. The molecule has 0 unspecified atom stereocenters. The van der Waals surface area contributed by atoms with Crippen LogP contribution in [0.4, 0.5) is 0 Å². The summed E-state index contributed by atoms with van der Waals surface area (Å²) in [5.74, 6) is 1.29. The summed E-state index contributed by atoms with van der Waals surface area (Å²) in [6, 6.07) is 3.45. The lowest BCUT2D eigenvalue weighted by Gasteiger charge is -2.36. The van der Waals surface area contributed by atoms with Crippen LogP contribution in [0.3, 0.4) is 0 Å². The summed E-state index contributed by atoms with van der Waals surface area (Å²) in [5.41, 5.74) is 1.09. The van der Waals surface area contributed by atoms with Gasteiger partial charge in [0.15, 0.2) is 11.7 Å². The molecular weight excluding hydrogens is 362 g/mol. The van der Waals surface area contributed by atoms with Gasteiger partial charge in [0.25, 0.3) is 5.91 Å². The van der Waals surface area contributed by atoms with Crippen molar-refractivity contribution in [2.24, 2.45) is 4.99 Å². The molecule has 1 saturated heterocycles. The summed E-state index contributed by atoms with van der Waals surface area (Å²) < 4.78 is 5.22. The smallest absolute Gasteiger partial charge is 0.289 e. The van der Waals surface area contributed by atoms with Crippen molar-refractivity contribution >= 4 is 23.2 Å². The number of guanidine groups is 1. The lowest BCUT2D eigenvalue weighted by Crippen LogP contribution is -2.53. The topological polar surface area (TPSA) is 74.0 Å². The fourth-order valence-corrected chi connectivity index (χ4v) is 3.85. The summed E-state index contributed by atoms with van der Waals surface area (Å²) in [4.78, 5) is 25.7. The molecule has 1 aliphatic heterocycles. The fraction of sp³-hybridized carbons (Fsp3) is 0.526. The van der Waals surface area contributed by atoms with Gasteiger partial charge in [0.2, 0.25) is 0 Å². The molecule has 0 spiro atoms. The van der Waals surface area contributed by atoms with Gasteiger partial charge in [0.05, 0.1) is 11.3 Å². The number of aliphatic imine (C=N–C) groups is 1. The number of hydrogen-bond donors (Lipinski definition) is 1. The summed E-state index contributed by atoms with van der Waals surface area (Å²) in [5, 5.41) is 6.64. The van der Waals surface area contributed by atoms with E-state index < -0.39 is 0 Å². The third-order valence-corrected chi connectivity index (χ3v) is 5.44. The molecule has 7 nitrogen and oxygen atoms in total. The third-order valence-electron chi connectivity index (χ3n) is 4.41. The van der Waals surface area contributed by atoms with Gasteiger partial charge in [0.1, 0.15) is 0 Å². The van der Waals surface area contributed by atoms with Crippen molar-refractivity contribution < 1.29 is 9.21 Å². The van der Waals surface area contributed by atoms with Crippen molar-refractivity contribution in [3.63, 3.8) is 0 Å². The van der Waals surface area contributed by atoms with Crippen molar-refractivity contribution in [2.45, 2.75) is 26.7 Å². The van der Waals surface area contributed by atoms with E-state index in [-0.39, 0.29) is 5.91 Å². The summed E-state index contributed by atoms with van der Waals surface area (Å²) >= 11 is 1.72. The number of furan rings is 1. The molecule has 2 aromatic rings. The van der Waals surface area contributed by atoms with E-state index >= 15 is 0 Å². The van der Waals surface area contributed by atoms with E-state index in [1.54, 1.807) is 23.5 Å². The zero-order valence-corrected chi connectivity index (χ0v) is 16.8. The van der Waals surface area contributed by atoms with Gasteiger partial charge in [-0.1, -0.05) is 0 Å². The Balaban J connectivity index is 1.49. The molecule has 3 heterocycles. The van der Waals surface area contributed by atoms with E-state index in [1.165, 1.54) is 11.3 Å². The first-order valence-electron chi connectivity index (χ1n) is 9.44. The predicted octanol–water partition coefficient (Wildman–Crippen LogP) is 2.40. The van der Waals surface area contributed by atoms with Gasteiger partial charge in [-0.05, 0) is 32.4 Å². The maximum absolute atomic E-state index is 12.4. The first-order chi connectivity index (χ1) is 13.2. The number of amides is 1. The number of aromatic nitrogens is 1. The monoisotopic (exact) mass is 389 g/mol. The minimum atomic E-state index is -0.0414. The molecule has 1 amide bonds. The highest BCUT2D eigenvalue weighted by Gasteiger charge is 2.25. The molecule has 1 fully saturated rings. The highest BCUT2D eigenvalue weighted by atomic mass is 32.1. The molecule has 8 heteroatoms. The largest absolute Gasteiger partial charge is 0.459 e. The molecule has 1 aliphatic rings. The second-order valence-corrected chi connectivity index (χ2v) is 7.42. The van der Waals surface area contributed by atoms with E-state index in [0.29, 0.717) is 18.8 Å². The quantitative estimate of drug-likeness (QED) is 0.467. The van der Waals surface area contributed by atoms with E-state index in [9.17, 15) is 4.79 Å². The highest BCUT2D eigenvalue weighted by molar-refractivity contribution is 7.09. The molecule has 1 N–H and O–H groups in total. The number of nitrogens with one attached hydrogen (secondary N) is 1. The Morgan fingerprint density at radius 2 is 2.11 bits per heavy atom. The molecule has 0 bridgehead atoms. The Morgan fingerprint density at radius 1 is 1.33 bits per heavy atom. The predicted molar refractivity (Wildman–Crippen MR) is 107 cm³/mol. The number of rotatable bonds is 6. The molecule has 0 aromatic carbocycles. The van der Waals surface area contributed by atoms with Crippen LogP contribution in [0.2, 0.25) is 0 Å². The van der Waals surface area contributed by atoms with Gasteiger partial charge in [-0.25, -0.2) is 4.98 Å². The molecule has 0 saturated carbocycles. The van der Waals surface area contributed by atoms with Crippen molar-refractivity contribution in [1.82, 2.24) is 20.1 Å². The average Bonchev–Trinajstić information content (AvgIpc) is 3.36. The molecule has 27 heavy (non-hydrogen) atoms. The Kier molecular flexibility index (Phi) is 6.86. The van der Waals surface area contributed by atoms with Crippen molar-refractivity contribution in [3.05, 3.63) is 40.2 Å². The highest BCUT2D eigenvalue weighted by Crippen LogP contribution is 2.12. The normalized spacial score (nSPS) is 15.3. The summed E-state index contributed by atoms with van der Waals surface area (Å²) in [6.45, 7) is 8.57. The first-order valence-corrected chi connectivity index (χ1v) is 10.3. The van der Waals surface area contributed by atoms with Crippen molar-refractivity contribution in [1.29, 1.82) is 0 Å². The minimum absolute atomic E-state index is 0.0414. The average molecular weight is 390 g/mol. The van der Waals surface area contributed by atoms with Crippen LogP contribution in [0.15, 0.2) is 33.2 Å². The molecule has 146 valence electrons. The van der Waals surface area contributed by atoms with E-state index in [0.717, 1.165) is 50.7 Å². The molecule has 0 radical (unpaired) electrons. The Bertz CT molecular complexity index is 748. The lowest BCUT2D eigenvalue weighted by atomic mass is 10.3. The van der Waals surface area contributed by atoms with Crippen LogP contribution in [-0.4, -0.2) is 65.9 Å². The second kappa shape index (κ2) is 9.55. The van der Waals surface area contributed by atoms with Gasteiger partial charge in [0, 0.05) is 56.8 Å². The fourth-order valence-electron chi connectivity index (χ4n) is 3.04. The standard InChI is InChI=1S/C19H27N5O2S/c1-3-20-19(21-8-4-7-17-22-15(2)14-27-17)24-11-9-23(10-12-24)18(25)16-6-5-13-26-16/h5-6,13-14H,3-4,7-12H2,1-2H3,(H,20,21). The third kappa shape index (κ3) is 5.32. The van der Waals surface area contributed by atoms with Crippen LogP contribution in [0.1, 0.15) is 34.6 Å². The summed E-state index contributed by atoms with van der Waals surface area (Å²) in [6.07, 6.45) is 3.48. The molecular formula is C19H27N5O2S.